The minimum atomic E-state index is -0.123. The van der Waals surface area contributed by atoms with Gasteiger partial charge >= 0.3 is 0 Å². The van der Waals surface area contributed by atoms with Crippen LogP contribution in [0.1, 0.15) is 5.56 Å². The highest BCUT2D eigenvalue weighted by Crippen LogP contribution is 2.07. The number of rotatable bonds is 5. The van der Waals surface area contributed by atoms with Gasteiger partial charge in [-0.1, -0.05) is 12.1 Å². The van der Waals surface area contributed by atoms with E-state index in [4.69, 9.17) is 5.73 Å². The Kier molecular flexibility index (Phi) is 4.34. The van der Waals surface area contributed by atoms with Crippen LogP contribution in [0.3, 0.4) is 0 Å². The number of amides is 1. The Labute approximate surface area is 111 Å². The zero-order valence-corrected chi connectivity index (χ0v) is 10.5. The van der Waals surface area contributed by atoms with Crippen molar-refractivity contribution in [3.8, 4) is 0 Å². The molecule has 3 N–H and O–H groups in total. The number of nitrogens with two attached hydrogens (primary N) is 1. The molecule has 0 fully saturated rings. The van der Waals surface area contributed by atoms with Crippen molar-refractivity contribution in [1.82, 2.24) is 14.9 Å². The van der Waals surface area contributed by atoms with E-state index in [1.807, 2.05) is 35.0 Å². The molecule has 0 saturated carbocycles. The average molecular weight is 256 g/mol. The van der Waals surface area contributed by atoms with E-state index in [0.29, 0.717) is 18.8 Å². The summed E-state index contributed by atoms with van der Waals surface area (Å²) in [5, 5.41) is 2.80. The Balaban J connectivity index is 1.78. The second-order valence-electron chi connectivity index (χ2n) is 4.09. The molecule has 0 atom stereocenters. The Morgan fingerprint density at radius 1 is 1.47 bits per heavy atom. The minimum absolute atomic E-state index is 0.123. The van der Waals surface area contributed by atoms with E-state index in [-0.39, 0.29) is 5.91 Å². The van der Waals surface area contributed by atoms with Crippen molar-refractivity contribution in [2.24, 2.45) is 0 Å². The normalized spacial score (nSPS) is 10.7. The first-order valence-electron chi connectivity index (χ1n) is 6.01. The zero-order valence-electron chi connectivity index (χ0n) is 10.5. The Morgan fingerprint density at radius 3 is 3.11 bits per heavy atom. The molecular formula is C14H16N4O. The largest absolute Gasteiger partial charge is 0.399 e. The molecule has 19 heavy (non-hydrogen) atoms. The number of carbonyl (C=O) groups excluding carboxylic acids is 1. The molecule has 1 aromatic heterocycles. The van der Waals surface area contributed by atoms with Crippen LogP contribution in [0.4, 0.5) is 5.69 Å². The van der Waals surface area contributed by atoms with Gasteiger partial charge in [-0.2, -0.15) is 0 Å². The summed E-state index contributed by atoms with van der Waals surface area (Å²) >= 11 is 0. The van der Waals surface area contributed by atoms with Crippen LogP contribution in [0.2, 0.25) is 0 Å². The summed E-state index contributed by atoms with van der Waals surface area (Å²) in [6.45, 7) is 1.27. The van der Waals surface area contributed by atoms with Gasteiger partial charge in [0.2, 0.25) is 5.91 Å². The third-order valence-electron chi connectivity index (χ3n) is 2.57. The summed E-state index contributed by atoms with van der Waals surface area (Å²) in [4.78, 5) is 15.5. The Bertz CT molecular complexity index is 561. The highest BCUT2D eigenvalue weighted by atomic mass is 16.1. The molecule has 0 unspecified atom stereocenters. The van der Waals surface area contributed by atoms with Gasteiger partial charge < -0.3 is 15.6 Å². The van der Waals surface area contributed by atoms with Gasteiger partial charge in [0.15, 0.2) is 0 Å². The third kappa shape index (κ3) is 4.31. The average Bonchev–Trinajstić information content (AvgIpc) is 2.90. The molecule has 0 aliphatic heterocycles. The van der Waals surface area contributed by atoms with Crippen molar-refractivity contribution >= 4 is 17.7 Å². The molecule has 2 rings (SSSR count). The lowest BCUT2D eigenvalue weighted by Crippen LogP contribution is -2.25. The molecule has 0 aliphatic carbocycles. The van der Waals surface area contributed by atoms with Crippen LogP contribution < -0.4 is 11.1 Å². The van der Waals surface area contributed by atoms with Crippen molar-refractivity contribution in [2.45, 2.75) is 6.54 Å². The van der Waals surface area contributed by atoms with Gasteiger partial charge in [0.25, 0.3) is 0 Å². The number of benzene rings is 1. The minimum Gasteiger partial charge on any atom is -0.399 e. The Hall–Kier alpha value is -2.56. The van der Waals surface area contributed by atoms with Crippen molar-refractivity contribution in [1.29, 1.82) is 0 Å². The fraction of sp³-hybridized carbons (Fsp3) is 0.143. The van der Waals surface area contributed by atoms with Gasteiger partial charge in [-0.3, -0.25) is 4.79 Å². The molecule has 0 radical (unpaired) electrons. The summed E-state index contributed by atoms with van der Waals surface area (Å²) in [6, 6.07) is 7.37. The molecule has 0 spiro atoms. The monoisotopic (exact) mass is 256 g/mol. The lowest BCUT2D eigenvalue weighted by Gasteiger charge is -2.02. The van der Waals surface area contributed by atoms with Gasteiger partial charge in [0.05, 0.1) is 6.33 Å². The fourth-order valence-electron chi connectivity index (χ4n) is 1.62. The van der Waals surface area contributed by atoms with Gasteiger partial charge in [-0.05, 0) is 23.8 Å². The van der Waals surface area contributed by atoms with Crippen LogP contribution in [0.15, 0.2) is 49.1 Å². The van der Waals surface area contributed by atoms with Crippen LogP contribution in [-0.4, -0.2) is 22.0 Å². The molecule has 0 aliphatic rings. The number of nitrogens with zero attached hydrogens (tertiary/aromatic N) is 2. The number of nitrogen functional groups attached to an aromatic ring is 1. The molecule has 5 nitrogen and oxygen atoms in total. The standard InChI is InChI=1S/C14H16N4O/c15-13-3-1-2-12(10-13)4-5-14(19)17-7-9-18-8-6-16-11-18/h1-6,8,10-11H,7,9,15H2,(H,17,19)/b5-4+. The lowest BCUT2D eigenvalue weighted by atomic mass is 10.2. The van der Waals surface area contributed by atoms with E-state index in [2.05, 4.69) is 10.3 Å². The third-order valence-corrected chi connectivity index (χ3v) is 2.57. The second-order valence-corrected chi connectivity index (χ2v) is 4.09. The summed E-state index contributed by atoms with van der Waals surface area (Å²) in [7, 11) is 0. The van der Waals surface area contributed by atoms with Crippen LogP contribution in [0.25, 0.3) is 6.08 Å². The summed E-state index contributed by atoms with van der Waals surface area (Å²) in [5.74, 6) is -0.123. The maximum Gasteiger partial charge on any atom is 0.244 e. The second kappa shape index (κ2) is 6.39. The summed E-state index contributed by atoms with van der Waals surface area (Å²) in [5.41, 5.74) is 7.25. The van der Waals surface area contributed by atoms with E-state index in [0.717, 1.165) is 5.56 Å². The van der Waals surface area contributed by atoms with E-state index in [9.17, 15) is 4.79 Å². The zero-order chi connectivity index (χ0) is 13.5. The van der Waals surface area contributed by atoms with Gasteiger partial charge in [-0.15, -0.1) is 0 Å². The van der Waals surface area contributed by atoms with Crippen LogP contribution in [0.5, 0.6) is 0 Å². The van der Waals surface area contributed by atoms with Crippen molar-refractivity contribution in [3.63, 3.8) is 0 Å². The molecule has 98 valence electrons. The highest BCUT2D eigenvalue weighted by Gasteiger charge is 1.95. The molecule has 1 amide bonds. The molecule has 1 heterocycles. The van der Waals surface area contributed by atoms with E-state index < -0.39 is 0 Å². The first-order chi connectivity index (χ1) is 9.24. The quantitative estimate of drug-likeness (QED) is 0.625. The predicted octanol–water partition coefficient (Wildman–Crippen LogP) is 1.29. The van der Waals surface area contributed by atoms with Crippen molar-refractivity contribution in [3.05, 3.63) is 54.6 Å². The van der Waals surface area contributed by atoms with Crippen molar-refractivity contribution < 1.29 is 4.79 Å². The van der Waals surface area contributed by atoms with Crippen LogP contribution in [0, 0.1) is 0 Å². The molecule has 2 aromatic rings. The van der Waals surface area contributed by atoms with Gasteiger partial charge in [0, 0.05) is 37.2 Å². The fourth-order valence-corrected chi connectivity index (χ4v) is 1.62. The maximum atomic E-state index is 11.6. The number of hydrogen-bond donors (Lipinski definition) is 2. The number of aromatic nitrogens is 2. The number of anilines is 1. The number of imidazole rings is 1. The first-order valence-corrected chi connectivity index (χ1v) is 6.01. The van der Waals surface area contributed by atoms with Gasteiger partial charge in [-0.25, -0.2) is 4.98 Å². The van der Waals surface area contributed by atoms with E-state index >= 15 is 0 Å². The summed E-state index contributed by atoms with van der Waals surface area (Å²) < 4.78 is 1.90. The number of carbonyl (C=O) groups is 1. The van der Waals surface area contributed by atoms with Crippen LogP contribution >= 0.6 is 0 Å². The number of nitrogens with one attached hydrogen (secondary N) is 1. The summed E-state index contributed by atoms with van der Waals surface area (Å²) in [6.07, 6.45) is 8.52. The van der Waals surface area contributed by atoms with E-state index in [1.54, 1.807) is 18.6 Å². The highest BCUT2D eigenvalue weighted by molar-refractivity contribution is 5.91. The predicted molar refractivity (Wildman–Crippen MR) is 75.1 cm³/mol. The van der Waals surface area contributed by atoms with Crippen molar-refractivity contribution in [2.75, 3.05) is 12.3 Å². The Morgan fingerprint density at radius 2 is 2.37 bits per heavy atom. The SMILES string of the molecule is Nc1cccc(/C=C/C(=O)NCCn2ccnc2)c1. The van der Waals surface area contributed by atoms with Gasteiger partial charge in [0.1, 0.15) is 0 Å². The lowest BCUT2D eigenvalue weighted by molar-refractivity contribution is -0.116. The van der Waals surface area contributed by atoms with Crippen LogP contribution in [-0.2, 0) is 11.3 Å². The molecule has 5 heteroatoms. The molecule has 0 saturated heterocycles. The maximum absolute atomic E-state index is 11.6. The smallest absolute Gasteiger partial charge is 0.244 e. The van der Waals surface area contributed by atoms with E-state index in [1.165, 1.54) is 6.08 Å². The molecule has 1 aromatic carbocycles. The topological polar surface area (TPSA) is 72.9 Å². The molecule has 0 bridgehead atoms. The number of hydrogen-bond acceptors (Lipinski definition) is 3. The first kappa shape index (κ1) is 12.9. The molecular weight excluding hydrogens is 240 g/mol.